The Morgan fingerprint density at radius 3 is 2.63 bits per heavy atom. The molecule has 1 aromatic carbocycles. The second-order valence-corrected chi connectivity index (χ2v) is 5.92. The van der Waals surface area contributed by atoms with E-state index in [0.717, 1.165) is 16.9 Å². The van der Waals surface area contributed by atoms with E-state index in [-0.39, 0.29) is 5.91 Å². The highest BCUT2D eigenvalue weighted by Crippen LogP contribution is 2.17. The monoisotopic (exact) mass is 363 g/mol. The molecular formula is C20H21N5O2. The number of carbonyl (C=O) groups is 1. The van der Waals surface area contributed by atoms with E-state index in [0.29, 0.717) is 30.4 Å². The van der Waals surface area contributed by atoms with Crippen LogP contribution >= 0.6 is 0 Å². The molecule has 3 aromatic rings. The van der Waals surface area contributed by atoms with Gasteiger partial charge in [0.15, 0.2) is 0 Å². The van der Waals surface area contributed by atoms with Crippen LogP contribution in [0.25, 0.3) is 0 Å². The number of aryl methyl sites for hydroxylation is 1. The van der Waals surface area contributed by atoms with Crippen molar-refractivity contribution in [2.75, 3.05) is 12.4 Å². The number of hydrogen-bond donors (Lipinski definition) is 2. The van der Waals surface area contributed by atoms with Gasteiger partial charge < -0.3 is 15.4 Å². The summed E-state index contributed by atoms with van der Waals surface area (Å²) < 4.78 is 5.30. The third kappa shape index (κ3) is 5.01. The number of ether oxygens (including phenoxy) is 1. The van der Waals surface area contributed by atoms with Crippen molar-refractivity contribution in [3.63, 3.8) is 0 Å². The maximum Gasteiger partial charge on any atom is 0.270 e. The number of methoxy groups -OCH3 is 1. The minimum absolute atomic E-state index is 0.265. The van der Waals surface area contributed by atoms with Crippen LogP contribution in [-0.2, 0) is 13.1 Å². The van der Waals surface area contributed by atoms with Crippen molar-refractivity contribution in [1.29, 1.82) is 0 Å². The van der Waals surface area contributed by atoms with Crippen LogP contribution in [0, 0.1) is 6.92 Å². The zero-order valence-electron chi connectivity index (χ0n) is 15.3. The summed E-state index contributed by atoms with van der Waals surface area (Å²) in [5.41, 5.74) is 2.98. The topological polar surface area (TPSA) is 89.0 Å². The molecule has 27 heavy (non-hydrogen) atoms. The quantitative estimate of drug-likeness (QED) is 0.671. The van der Waals surface area contributed by atoms with E-state index in [9.17, 15) is 4.79 Å². The average molecular weight is 363 g/mol. The molecule has 0 saturated carbocycles. The highest BCUT2D eigenvalue weighted by Gasteiger charge is 2.11. The van der Waals surface area contributed by atoms with Gasteiger partial charge >= 0.3 is 0 Å². The number of carbonyl (C=O) groups excluding carboxylic acids is 1. The maximum atomic E-state index is 12.5. The number of nitrogens with one attached hydrogen (secondary N) is 2. The molecule has 0 fully saturated rings. The maximum absolute atomic E-state index is 12.5. The summed E-state index contributed by atoms with van der Waals surface area (Å²) in [6.45, 7) is 2.73. The van der Waals surface area contributed by atoms with Crippen molar-refractivity contribution >= 4 is 11.9 Å². The van der Waals surface area contributed by atoms with Gasteiger partial charge in [-0.2, -0.15) is 0 Å². The smallest absolute Gasteiger partial charge is 0.270 e. The van der Waals surface area contributed by atoms with Crippen LogP contribution < -0.4 is 15.4 Å². The number of pyridine rings is 1. The molecule has 7 heteroatoms. The summed E-state index contributed by atoms with van der Waals surface area (Å²) >= 11 is 0. The van der Waals surface area contributed by atoms with Gasteiger partial charge in [0.25, 0.3) is 5.91 Å². The van der Waals surface area contributed by atoms with E-state index in [1.54, 1.807) is 25.6 Å². The molecular weight excluding hydrogens is 342 g/mol. The number of hydrogen-bond acceptors (Lipinski definition) is 6. The van der Waals surface area contributed by atoms with Gasteiger partial charge in [0.1, 0.15) is 11.4 Å². The second kappa shape index (κ2) is 8.75. The molecule has 0 saturated heterocycles. The largest absolute Gasteiger partial charge is 0.496 e. The van der Waals surface area contributed by atoms with Gasteiger partial charge in [-0.1, -0.05) is 18.2 Å². The van der Waals surface area contributed by atoms with E-state index in [4.69, 9.17) is 4.74 Å². The Hall–Kier alpha value is -3.48. The Morgan fingerprint density at radius 1 is 1.07 bits per heavy atom. The first-order valence-corrected chi connectivity index (χ1v) is 8.54. The van der Waals surface area contributed by atoms with Crippen LogP contribution in [0.3, 0.4) is 0 Å². The number of amides is 1. The summed E-state index contributed by atoms with van der Waals surface area (Å²) in [6.07, 6.45) is 3.45. The first-order valence-electron chi connectivity index (χ1n) is 8.54. The lowest BCUT2D eigenvalue weighted by Gasteiger charge is -2.11. The molecule has 0 aliphatic carbocycles. The molecule has 2 aromatic heterocycles. The van der Waals surface area contributed by atoms with Crippen LogP contribution in [0.5, 0.6) is 5.75 Å². The van der Waals surface area contributed by atoms with Gasteiger partial charge in [-0.25, -0.2) is 9.97 Å². The number of aromatic nitrogens is 3. The number of para-hydroxylation sites is 1. The van der Waals surface area contributed by atoms with E-state index in [1.165, 1.54) is 0 Å². The lowest BCUT2D eigenvalue weighted by molar-refractivity contribution is 0.0945. The van der Waals surface area contributed by atoms with E-state index in [2.05, 4.69) is 25.6 Å². The minimum atomic E-state index is -0.265. The number of rotatable bonds is 7. The third-order valence-corrected chi connectivity index (χ3v) is 3.92. The Kier molecular flexibility index (Phi) is 5.94. The van der Waals surface area contributed by atoms with Crippen molar-refractivity contribution in [3.05, 3.63) is 77.4 Å². The number of anilines is 1. The summed E-state index contributed by atoms with van der Waals surface area (Å²) in [5.74, 6) is 0.879. The Balaban J connectivity index is 1.66. The normalized spacial score (nSPS) is 10.3. The molecule has 0 aliphatic heterocycles. The zero-order valence-corrected chi connectivity index (χ0v) is 15.3. The predicted octanol–water partition coefficient (Wildman–Crippen LogP) is 2.73. The predicted molar refractivity (Wildman–Crippen MR) is 102 cm³/mol. The molecule has 138 valence electrons. The summed E-state index contributed by atoms with van der Waals surface area (Å²) in [4.78, 5) is 25.2. The number of benzene rings is 1. The molecule has 2 N–H and O–H groups in total. The molecule has 7 nitrogen and oxygen atoms in total. The first kappa shape index (κ1) is 18.3. The van der Waals surface area contributed by atoms with Crippen molar-refractivity contribution < 1.29 is 9.53 Å². The molecule has 0 atom stereocenters. The van der Waals surface area contributed by atoms with Crippen molar-refractivity contribution in [2.24, 2.45) is 0 Å². The molecule has 0 spiro atoms. The number of nitrogens with zero attached hydrogens (tertiary/aromatic N) is 3. The second-order valence-electron chi connectivity index (χ2n) is 5.92. The third-order valence-electron chi connectivity index (χ3n) is 3.92. The van der Waals surface area contributed by atoms with Gasteiger partial charge in [0.05, 0.1) is 7.11 Å². The molecule has 0 radical (unpaired) electrons. The van der Waals surface area contributed by atoms with Crippen LogP contribution in [0.1, 0.15) is 27.3 Å². The highest BCUT2D eigenvalue weighted by atomic mass is 16.5. The highest BCUT2D eigenvalue weighted by molar-refractivity contribution is 5.92. The lowest BCUT2D eigenvalue weighted by Crippen LogP contribution is -2.24. The van der Waals surface area contributed by atoms with E-state index in [1.807, 2.05) is 43.3 Å². The Morgan fingerprint density at radius 2 is 1.85 bits per heavy atom. The lowest BCUT2D eigenvalue weighted by atomic mass is 10.2. The van der Waals surface area contributed by atoms with Crippen molar-refractivity contribution in [3.8, 4) is 5.75 Å². The fraction of sp³-hybridized carbons (Fsp3) is 0.200. The zero-order chi connectivity index (χ0) is 19.1. The molecule has 2 heterocycles. The summed E-state index contributed by atoms with van der Waals surface area (Å²) in [5, 5.41) is 6.01. The average Bonchev–Trinajstić information content (AvgIpc) is 2.71. The fourth-order valence-corrected chi connectivity index (χ4v) is 2.56. The standard InChI is InChI=1S/C20H21N5O2/c1-14-11-17(19(26)22-13-16-5-3-4-6-18(16)27-2)25-20(24-14)23-12-15-7-9-21-10-8-15/h3-11H,12-13H2,1-2H3,(H,22,26)(H,23,24,25). The first-order chi connectivity index (χ1) is 13.2. The van der Waals surface area contributed by atoms with Gasteiger partial charge in [-0.3, -0.25) is 9.78 Å². The SMILES string of the molecule is COc1ccccc1CNC(=O)c1cc(C)nc(NCc2ccncc2)n1. The van der Waals surface area contributed by atoms with Crippen LogP contribution in [0.15, 0.2) is 54.9 Å². The van der Waals surface area contributed by atoms with Gasteiger partial charge in [0, 0.05) is 36.7 Å². The molecule has 0 bridgehead atoms. The van der Waals surface area contributed by atoms with E-state index >= 15 is 0 Å². The van der Waals surface area contributed by atoms with Crippen molar-refractivity contribution in [1.82, 2.24) is 20.3 Å². The van der Waals surface area contributed by atoms with Crippen molar-refractivity contribution in [2.45, 2.75) is 20.0 Å². The Labute approximate surface area is 157 Å². The molecule has 1 amide bonds. The molecule has 0 unspecified atom stereocenters. The van der Waals surface area contributed by atoms with Crippen LogP contribution in [0.4, 0.5) is 5.95 Å². The molecule has 3 rings (SSSR count). The summed E-state index contributed by atoms with van der Waals surface area (Å²) in [7, 11) is 1.61. The fourth-order valence-electron chi connectivity index (χ4n) is 2.56. The van der Waals surface area contributed by atoms with Crippen LogP contribution in [-0.4, -0.2) is 28.0 Å². The minimum Gasteiger partial charge on any atom is -0.496 e. The van der Waals surface area contributed by atoms with Crippen LogP contribution in [0.2, 0.25) is 0 Å². The van der Waals surface area contributed by atoms with E-state index < -0.39 is 0 Å². The molecule has 0 aliphatic rings. The van der Waals surface area contributed by atoms with Gasteiger partial charge in [0.2, 0.25) is 5.95 Å². The van der Waals surface area contributed by atoms with Gasteiger partial charge in [-0.15, -0.1) is 0 Å². The Bertz CT molecular complexity index is 915. The summed E-state index contributed by atoms with van der Waals surface area (Å²) in [6, 6.07) is 13.0. The van der Waals surface area contributed by atoms with Gasteiger partial charge in [-0.05, 0) is 36.8 Å².